The van der Waals surface area contributed by atoms with Crippen LogP contribution in [0.5, 0.6) is 5.75 Å². The minimum absolute atomic E-state index is 0.0266. The molecule has 0 fully saturated rings. The van der Waals surface area contributed by atoms with Crippen molar-refractivity contribution < 1.29 is 23.0 Å². The van der Waals surface area contributed by atoms with Crippen molar-refractivity contribution in [3.63, 3.8) is 0 Å². The van der Waals surface area contributed by atoms with Gasteiger partial charge in [-0.25, -0.2) is 13.6 Å². The van der Waals surface area contributed by atoms with Crippen molar-refractivity contribution in [3.8, 4) is 16.9 Å². The Labute approximate surface area is 180 Å². The number of allylic oxidation sites excluding steroid dienone is 1. The summed E-state index contributed by atoms with van der Waals surface area (Å²) < 4.78 is 39.8. The van der Waals surface area contributed by atoms with Crippen LogP contribution in [0.4, 0.5) is 14.5 Å². The van der Waals surface area contributed by atoms with Crippen molar-refractivity contribution in [2.24, 2.45) is 0 Å². The highest BCUT2D eigenvalue weighted by molar-refractivity contribution is 5.91. The van der Waals surface area contributed by atoms with Crippen molar-refractivity contribution in [1.29, 1.82) is 0 Å². The van der Waals surface area contributed by atoms with Crippen molar-refractivity contribution in [1.82, 2.24) is 0 Å². The van der Waals surface area contributed by atoms with Crippen LogP contribution < -0.4 is 10.1 Å². The van der Waals surface area contributed by atoms with Crippen molar-refractivity contribution >= 4 is 17.2 Å². The first-order chi connectivity index (χ1) is 14.6. The van der Waals surface area contributed by atoms with Gasteiger partial charge < -0.3 is 14.8 Å². The maximum atomic E-state index is 14.6. The second-order valence-corrected chi connectivity index (χ2v) is 8.52. The molecule has 0 saturated heterocycles. The fraction of sp³-hybridized carbons (Fsp3) is 0.320. The number of hydrogen-bond acceptors (Lipinski definition) is 4. The first kappa shape index (κ1) is 21.1. The standard InChI is InChI=1S/C25H25F2NO3/c1-6-30-24(29)13(2)9-20-22-16(17-10-15(26)11-18(27)23(17)31-20)7-8-19-21(22)14(3)12-25(4,5)28-19/h7-8,10-12,20,28H,2,6,9H2,1,3-5H3. The van der Waals surface area contributed by atoms with Crippen LogP contribution in [0.15, 0.2) is 42.5 Å². The summed E-state index contributed by atoms with van der Waals surface area (Å²) in [4.78, 5) is 12.2. The molecular weight excluding hydrogens is 400 g/mol. The molecule has 162 valence electrons. The lowest BCUT2D eigenvalue weighted by molar-refractivity contribution is -0.138. The van der Waals surface area contributed by atoms with E-state index in [9.17, 15) is 13.6 Å². The Balaban J connectivity index is 1.91. The molecule has 2 aromatic carbocycles. The molecule has 1 N–H and O–H groups in total. The van der Waals surface area contributed by atoms with Crippen LogP contribution in [0, 0.1) is 11.6 Å². The van der Waals surface area contributed by atoms with E-state index in [1.807, 2.05) is 19.1 Å². The van der Waals surface area contributed by atoms with Crippen LogP contribution in [0.25, 0.3) is 16.7 Å². The monoisotopic (exact) mass is 425 g/mol. The summed E-state index contributed by atoms with van der Waals surface area (Å²) in [6.07, 6.45) is 1.55. The normalized spacial score (nSPS) is 17.9. The third kappa shape index (κ3) is 3.71. The molecule has 2 aliphatic heterocycles. The highest BCUT2D eigenvalue weighted by Gasteiger charge is 2.36. The number of carbonyl (C=O) groups excluding carboxylic acids is 1. The molecule has 2 aromatic rings. The molecule has 4 nitrogen and oxygen atoms in total. The number of hydrogen-bond donors (Lipinski definition) is 1. The molecule has 0 aliphatic carbocycles. The second-order valence-electron chi connectivity index (χ2n) is 8.52. The number of esters is 1. The second kappa shape index (κ2) is 7.52. The highest BCUT2D eigenvalue weighted by atomic mass is 19.1. The molecule has 1 unspecified atom stereocenters. The Morgan fingerprint density at radius 3 is 2.71 bits per heavy atom. The van der Waals surface area contributed by atoms with Crippen LogP contribution in [0.1, 0.15) is 51.3 Å². The number of fused-ring (bicyclic) bond motifs is 5. The molecule has 0 radical (unpaired) electrons. The summed E-state index contributed by atoms with van der Waals surface area (Å²) in [5.74, 6) is -2.00. The highest BCUT2D eigenvalue weighted by Crippen LogP contribution is 2.51. The third-order valence-electron chi connectivity index (χ3n) is 5.55. The average molecular weight is 425 g/mol. The van der Waals surface area contributed by atoms with Crippen LogP contribution in [-0.2, 0) is 9.53 Å². The predicted octanol–water partition coefficient (Wildman–Crippen LogP) is 6.18. The van der Waals surface area contributed by atoms with E-state index >= 15 is 0 Å². The molecule has 6 heteroatoms. The summed E-state index contributed by atoms with van der Waals surface area (Å²) in [5, 5.41) is 3.49. The Hall–Kier alpha value is -3.15. The van der Waals surface area contributed by atoms with Crippen molar-refractivity contribution in [2.45, 2.75) is 45.8 Å². The maximum absolute atomic E-state index is 14.6. The van der Waals surface area contributed by atoms with Gasteiger partial charge in [0.25, 0.3) is 0 Å². The number of halogens is 2. The third-order valence-corrected chi connectivity index (χ3v) is 5.55. The summed E-state index contributed by atoms with van der Waals surface area (Å²) in [6, 6.07) is 5.84. The fourth-order valence-corrected chi connectivity index (χ4v) is 4.48. The molecule has 0 bridgehead atoms. The van der Waals surface area contributed by atoms with E-state index in [2.05, 4.69) is 31.8 Å². The van der Waals surface area contributed by atoms with Crippen LogP contribution in [0.3, 0.4) is 0 Å². The molecule has 0 saturated carbocycles. The molecule has 2 aliphatic rings. The van der Waals surface area contributed by atoms with E-state index in [1.165, 1.54) is 6.07 Å². The minimum atomic E-state index is -0.781. The molecule has 2 heterocycles. The minimum Gasteiger partial charge on any atom is -0.482 e. The number of rotatable bonds is 4. The largest absolute Gasteiger partial charge is 0.482 e. The van der Waals surface area contributed by atoms with Gasteiger partial charge in [-0.3, -0.25) is 0 Å². The summed E-state index contributed by atoms with van der Waals surface area (Å²) in [7, 11) is 0. The molecule has 0 aromatic heterocycles. The summed E-state index contributed by atoms with van der Waals surface area (Å²) >= 11 is 0. The topological polar surface area (TPSA) is 47.6 Å². The molecule has 31 heavy (non-hydrogen) atoms. The predicted molar refractivity (Wildman–Crippen MR) is 117 cm³/mol. The average Bonchev–Trinajstić information content (AvgIpc) is 2.67. The number of nitrogens with one attached hydrogen (secondary N) is 1. The maximum Gasteiger partial charge on any atom is 0.333 e. The lowest BCUT2D eigenvalue weighted by Gasteiger charge is -2.37. The fourth-order valence-electron chi connectivity index (χ4n) is 4.48. The number of anilines is 1. The molecule has 0 spiro atoms. The van der Waals surface area contributed by atoms with Gasteiger partial charge in [-0.2, -0.15) is 0 Å². The molecule has 4 rings (SSSR count). The molecule has 1 atom stereocenters. The van der Waals surface area contributed by atoms with Crippen LogP contribution in [-0.4, -0.2) is 18.1 Å². The Bertz CT molecular complexity index is 1130. The smallest absolute Gasteiger partial charge is 0.333 e. The van der Waals surface area contributed by atoms with Gasteiger partial charge in [-0.05, 0) is 51.0 Å². The first-order valence-electron chi connectivity index (χ1n) is 10.3. The van der Waals surface area contributed by atoms with Gasteiger partial charge in [0.1, 0.15) is 11.9 Å². The number of benzene rings is 2. The van der Waals surface area contributed by atoms with E-state index in [4.69, 9.17) is 9.47 Å². The molecule has 0 amide bonds. The summed E-state index contributed by atoms with van der Waals surface area (Å²) in [5.41, 5.74) is 4.62. The number of carbonyl (C=O) groups is 1. The van der Waals surface area contributed by atoms with Gasteiger partial charge in [-0.15, -0.1) is 0 Å². The Kier molecular flexibility index (Phi) is 5.12. The van der Waals surface area contributed by atoms with Gasteiger partial charge in [0, 0.05) is 40.4 Å². The van der Waals surface area contributed by atoms with Gasteiger partial charge >= 0.3 is 5.97 Å². The van der Waals surface area contributed by atoms with Gasteiger partial charge in [-0.1, -0.05) is 18.7 Å². The van der Waals surface area contributed by atoms with E-state index in [-0.39, 0.29) is 29.9 Å². The van der Waals surface area contributed by atoms with Crippen LogP contribution >= 0.6 is 0 Å². The van der Waals surface area contributed by atoms with Gasteiger partial charge in [0.05, 0.1) is 12.1 Å². The van der Waals surface area contributed by atoms with Gasteiger partial charge in [0.15, 0.2) is 11.6 Å². The lowest BCUT2D eigenvalue weighted by Crippen LogP contribution is -2.32. The van der Waals surface area contributed by atoms with E-state index < -0.39 is 23.7 Å². The van der Waals surface area contributed by atoms with E-state index in [0.717, 1.165) is 28.5 Å². The zero-order valence-corrected chi connectivity index (χ0v) is 18.1. The zero-order valence-electron chi connectivity index (χ0n) is 18.1. The molecular formula is C25H25F2NO3. The van der Waals surface area contributed by atoms with Gasteiger partial charge in [0.2, 0.25) is 0 Å². The quantitative estimate of drug-likeness (QED) is 0.469. The SMILES string of the molecule is C=C(CC1Oc2c(F)cc(F)cc2-c2ccc3c(c21)C(C)=CC(C)(C)N3)C(=O)OCC. The van der Waals surface area contributed by atoms with Crippen molar-refractivity contribution in [3.05, 3.63) is 65.3 Å². The first-order valence-corrected chi connectivity index (χ1v) is 10.3. The summed E-state index contributed by atoms with van der Waals surface area (Å²) in [6.45, 7) is 11.9. The zero-order chi connectivity index (χ0) is 22.5. The number of ether oxygens (including phenoxy) is 2. The van der Waals surface area contributed by atoms with Crippen LogP contribution in [0.2, 0.25) is 0 Å². The van der Waals surface area contributed by atoms with Crippen molar-refractivity contribution in [2.75, 3.05) is 11.9 Å². The van der Waals surface area contributed by atoms with E-state index in [1.54, 1.807) is 6.92 Å². The Morgan fingerprint density at radius 2 is 2.00 bits per heavy atom. The lowest BCUT2D eigenvalue weighted by atomic mass is 9.80. The Morgan fingerprint density at radius 1 is 1.26 bits per heavy atom. The van der Waals surface area contributed by atoms with E-state index in [0.29, 0.717) is 11.1 Å².